The third kappa shape index (κ3) is 4.77. The number of carbonyl (C=O) groups is 1. The second-order valence-electron chi connectivity index (χ2n) is 4.25. The Morgan fingerprint density at radius 2 is 1.81 bits per heavy atom. The average molecular weight is 289 g/mol. The molecule has 0 aliphatic rings. The first-order chi connectivity index (χ1) is 10.2. The quantitative estimate of drug-likeness (QED) is 0.792. The maximum atomic E-state index is 12.8. The van der Waals surface area contributed by atoms with Crippen LogP contribution in [0.1, 0.15) is 0 Å². The van der Waals surface area contributed by atoms with Crippen molar-refractivity contribution in [3.63, 3.8) is 0 Å². The fourth-order valence-corrected chi connectivity index (χ4v) is 1.67. The van der Waals surface area contributed by atoms with Crippen LogP contribution in [0.5, 0.6) is 5.75 Å². The van der Waals surface area contributed by atoms with Crippen molar-refractivity contribution in [3.8, 4) is 5.75 Å². The molecular formula is C15H16FN3O2. The Morgan fingerprint density at radius 1 is 1.10 bits per heavy atom. The number of amides is 2. The first-order valence-corrected chi connectivity index (χ1v) is 6.44. The number of urea groups is 1. The first-order valence-electron chi connectivity index (χ1n) is 6.44. The fourth-order valence-electron chi connectivity index (χ4n) is 1.67. The number of hydrogen-bond donors (Lipinski definition) is 3. The molecule has 21 heavy (non-hydrogen) atoms. The van der Waals surface area contributed by atoms with Gasteiger partial charge in [-0.15, -0.1) is 0 Å². The summed E-state index contributed by atoms with van der Waals surface area (Å²) in [6, 6.07) is 12.1. The number of rotatable bonds is 5. The SMILES string of the molecule is NCCOc1cccc(NC(=O)Nc2ccc(F)cc2)c1. The minimum Gasteiger partial charge on any atom is -0.492 e. The topological polar surface area (TPSA) is 76.4 Å². The van der Waals surface area contributed by atoms with Crippen molar-refractivity contribution < 1.29 is 13.9 Å². The van der Waals surface area contributed by atoms with Crippen LogP contribution in [0.3, 0.4) is 0 Å². The molecule has 0 spiro atoms. The number of halogens is 1. The van der Waals surface area contributed by atoms with E-state index < -0.39 is 6.03 Å². The predicted octanol–water partition coefficient (Wildman–Crippen LogP) is 2.81. The van der Waals surface area contributed by atoms with Crippen LogP contribution in [-0.4, -0.2) is 19.2 Å². The van der Waals surface area contributed by atoms with Gasteiger partial charge in [0.25, 0.3) is 0 Å². The van der Waals surface area contributed by atoms with Crippen LogP contribution in [0.25, 0.3) is 0 Å². The summed E-state index contributed by atoms with van der Waals surface area (Å²) < 4.78 is 18.1. The molecule has 4 N–H and O–H groups in total. The van der Waals surface area contributed by atoms with E-state index in [2.05, 4.69) is 10.6 Å². The van der Waals surface area contributed by atoms with Gasteiger partial charge in [0, 0.05) is 24.0 Å². The van der Waals surface area contributed by atoms with Gasteiger partial charge in [-0.05, 0) is 36.4 Å². The highest BCUT2D eigenvalue weighted by atomic mass is 19.1. The van der Waals surface area contributed by atoms with Crippen molar-refractivity contribution in [1.82, 2.24) is 0 Å². The number of ether oxygens (including phenoxy) is 1. The molecule has 2 aromatic carbocycles. The minimum atomic E-state index is -0.419. The first kappa shape index (κ1) is 14.8. The molecule has 6 heteroatoms. The van der Waals surface area contributed by atoms with E-state index in [9.17, 15) is 9.18 Å². The number of nitrogens with two attached hydrogens (primary N) is 1. The fraction of sp³-hybridized carbons (Fsp3) is 0.133. The number of anilines is 2. The van der Waals surface area contributed by atoms with Crippen LogP contribution >= 0.6 is 0 Å². The van der Waals surface area contributed by atoms with Crippen LogP contribution in [0.15, 0.2) is 48.5 Å². The van der Waals surface area contributed by atoms with Crippen LogP contribution in [-0.2, 0) is 0 Å². The summed E-state index contributed by atoms with van der Waals surface area (Å²) >= 11 is 0. The Hall–Kier alpha value is -2.60. The van der Waals surface area contributed by atoms with E-state index in [0.717, 1.165) is 0 Å². The van der Waals surface area contributed by atoms with E-state index in [1.165, 1.54) is 24.3 Å². The highest BCUT2D eigenvalue weighted by Gasteiger charge is 2.04. The summed E-state index contributed by atoms with van der Waals surface area (Å²) in [5, 5.41) is 5.27. The summed E-state index contributed by atoms with van der Waals surface area (Å²) in [4.78, 5) is 11.8. The molecule has 2 rings (SSSR count). The van der Waals surface area contributed by atoms with Gasteiger partial charge >= 0.3 is 6.03 Å². The van der Waals surface area contributed by atoms with Crippen molar-refractivity contribution in [2.75, 3.05) is 23.8 Å². The second-order valence-corrected chi connectivity index (χ2v) is 4.25. The Balaban J connectivity index is 1.94. The zero-order valence-electron chi connectivity index (χ0n) is 11.3. The molecule has 2 amide bonds. The summed E-state index contributed by atoms with van der Waals surface area (Å²) in [6.45, 7) is 0.827. The smallest absolute Gasteiger partial charge is 0.323 e. The lowest BCUT2D eigenvalue weighted by Gasteiger charge is -2.09. The van der Waals surface area contributed by atoms with Gasteiger partial charge in [-0.3, -0.25) is 0 Å². The van der Waals surface area contributed by atoms with E-state index in [0.29, 0.717) is 30.3 Å². The predicted molar refractivity (Wildman–Crippen MR) is 80.0 cm³/mol. The minimum absolute atomic E-state index is 0.356. The van der Waals surface area contributed by atoms with Gasteiger partial charge < -0.3 is 21.1 Å². The van der Waals surface area contributed by atoms with Crippen molar-refractivity contribution in [2.24, 2.45) is 5.73 Å². The third-order valence-corrected chi connectivity index (χ3v) is 2.58. The Kier molecular flexibility index (Phi) is 5.11. The molecule has 0 unspecified atom stereocenters. The largest absolute Gasteiger partial charge is 0.492 e. The van der Waals surface area contributed by atoms with Gasteiger partial charge in [-0.2, -0.15) is 0 Å². The molecule has 0 atom stereocenters. The molecule has 0 aliphatic carbocycles. The van der Waals surface area contributed by atoms with Crippen molar-refractivity contribution in [3.05, 3.63) is 54.3 Å². The standard InChI is InChI=1S/C15H16FN3O2/c16-11-4-6-12(7-5-11)18-15(20)19-13-2-1-3-14(10-13)21-9-8-17/h1-7,10H,8-9,17H2,(H2,18,19,20). The maximum absolute atomic E-state index is 12.8. The summed E-state index contributed by atoms with van der Waals surface area (Å²) in [5.41, 5.74) is 6.45. The van der Waals surface area contributed by atoms with E-state index in [1.54, 1.807) is 24.3 Å². The lowest BCUT2D eigenvalue weighted by molar-refractivity contribution is 0.262. The van der Waals surface area contributed by atoms with Crippen LogP contribution in [0.4, 0.5) is 20.6 Å². The molecule has 0 heterocycles. The van der Waals surface area contributed by atoms with Gasteiger partial charge in [0.05, 0.1) is 0 Å². The Bertz CT molecular complexity index is 602. The number of carbonyl (C=O) groups excluding carboxylic acids is 1. The maximum Gasteiger partial charge on any atom is 0.323 e. The van der Waals surface area contributed by atoms with Crippen LogP contribution in [0.2, 0.25) is 0 Å². The Labute approximate surface area is 121 Å². The number of nitrogens with one attached hydrogen (secondary N) is 2. The number of benzene rings is 2. The lowest BCUT2D eigenvalue weighted by Crippen LogP contribution is -2.19. The van der Waals surface area contributed by atoms with E-state index >= 15 is 0 Å². The molecule has 0 aromatic heterocycles. The van der Waals surface area contributed by atoms with Crippen molar-refractivity contribution in [1.29, 1.82) is 0 Å². The van der Waals surface area contributed by atoms with Gasteiger partial charge in [-0.1, -0.05) is 6.07 Å². The van der Waals surface area contributed by atoms with Crippen LogP contribution < -0.4 is 21.1 Å². The normalized spacial score (nSPS) is 10.0. The molecule has 0 saturated heterocycles. The van der Waals surface area contributed by atoms with Crippen molar-refractivity contribution >= 4 is 17.4 Å². The molecular weight excluding hydrogens is 273 g/mol. The lowest BCUT2D eigenvalue weighted by atomic mass is 10.3. The van der Waals surface area contributed by atoms with Gasteiger partial charge in [0.15, 0.2) is 0 Å². The zero-order valence-corrected chi connectivity index (χ0v) is 11.3. The second kappa shape index (κ2) is 7.25. The molecule has 0 aliphatic heterocycles. The zero-order chi connectivity index (χ0) is 15.1. The summed E-state index contributed by atoms with van der Waals surface area (Å²) in [7, 11) is 0. The monoisotopic (exact) mass is 289 g/mol. The molecule has 0 fully saturated rings. The average Bonchev–Trinajstić information content (AvgIpc) is 2.48. The van der Waals surface area contributed by atoms with E-state index in [1.807, 2.05) is 0 Å². The molecule has 2 aromatic rings. The summed E-state index contributed by atoms with van der Waals surface area (Å²) in [6.07, 6.45) is 0. The van der Waals surface area contributed by atoms with E-state index in [-0.39, 0.29) is 5.82 Å². The molecule has 0 saturated carbocycles. The van der Waals surface area contributed by atoms with Crippen LogP contribution in [0, 0.1) is 5.82 Å². The molecule has 5 nitrogen and oxygen atoms in total. The molecule has 0 bridgehead atoms. The Morgan fingerprint density at radius 3 is 2.52 bits per heavy atom. The van der Waals surface area contributed by atoms with Crippen molar-refractivity contribution in [2.45, 2.75) is 0 Å². The molecule has 0 radical (unpaired) electrons. The van der Waals surface area contributed by atoms with E-state index in [4.69, 9.17) is 10.5 Å². The number of hydrogen-bond acceptors (Lipinski definition) is 3. The van der Waals surface area contributed by atoms with Gasteiger partial charge in [0.1, 0.15) is 18.2 Å². The summed E-state index contributed by atoms with van der Waals surface area (Å²) in [5.74, 6) is 0.269. The highest BCUT2D eigenvalue weighted by Crippen LogP contribution is 2.17. The van der Waals surface area contributed by atoms with Gasteiger partial charge in [0.2, 0.25) is 0 Å². The van der Waals surface area contributed by atoms with Gasteiger partial charge in [-0.25, -0.2) is 9.18 Å². The highest BCUT2D eigenvalue weighted by molar-refractivity contribution is 5.99. The third-order valence-electron chi connectivity index (χ3n) is 2.58. The molecule has 110 valence electrons.